The summed E-state index contributed by atoms with van der Waals surface area (Å²) in [5, 5.41) is 3.50. The lowest BCUT2D eigenvalue weighted by Crippen LogP contribution is -2.29. The van der Waals surface area contributed by atoms with E-state index in [0.29, 0.717) is 58.0 Å². The normalized spacial score (nSPS) is 14.4. The standard InChI is InChI=1S/C29H34ClN3O4S2/c1-3-32(4-2)18-19-37-28(36)22-11-15-24(16-12-22)31-26(34)8-6-5-7-17-33-27(35)25(39-29(33)38)20-21-9-13-23(30)14-10-21/h9-16,20H,3-8,17-19H2,1-2H3,(H,31,34). The van der Waals surface area contributed by atoms with Gasteiger partial charge < -0.3 is 15.0 Å². The van der Waals surface area contributed by atoms with Crippen molar-refractivity contribution in [3.05, 3.63) is 69.6 Å². The summed E-state index contributed by atoms with van der Waals surface area (Å²) in [7, 11) is 0. The quantitative estimate of drug-likeness (QED) is 0.121. The number of ether oxygens (including phenoxy) is 1. The number of benzene rings is 2. The molecule has 1 N–H and O–H groups in total. The van der Waals surface area contributed by atoms with Gasteiger partial charge in [-0.3, -0.25) is 14.5 Å². The molecule has 0 radical (unpaired) electrons. The summed E-state index contributed by atoms with van der Waals surface area (Å²) in [4.78, 5) is 41.7. The van der Waals surface area contributed by atoms with E-state index in [-0.39, 0.29) is 17.8 Å². The van der Waals surface area contributed by atoms with E-state index in [2.05, 4.69) is 24.1 Å². The van der Waals surface area contributed by atoms with Gasteiger partial charge in [0.05, 0.1) is 10.5 Å². The van der Waals surface area contributed by atoms with Gasteiger partial charge in [0.2, 0.25) is 5.91 Å². The van der Waals surface area contributed by atoms with Crippen LogP contribution in [0.1, 0.15) is 55.5 Å². The van der Waals surface area contributed by atoms with E-state index >= 15 is 0 Å². The van der Waals surface area contributed by atoms with Crippen LogP contribution in [0.5, 0.6) is 0 Å². The highest BCUT2D eigenvalue weighted by molar-refractivity contribution is 8.26. The number of nitrogens with zero attached hydrogens (tertiary/aromatic N) is 2. The molecular formula is C29H34ClN3O4S2. The molecule has 208 valence electrons. The molecule has 1 aliphatic rings. The zero-order chi connectivity index (χ0) is 28.2. The Labute approximate surface area is 244 Å². The summed E-state index contributed by atoms with van der Waals surface area (Å²) in [5.74, 6) is -0.558. The smallest absolute Gasteiger partial charge is 0.338 e. The van der Waals surface area contributed by atoms with Crippen molar-refractivity contribution in [3.8, 4) is 0 Å². The minimum absolute atomic E-state index is 0.0890. The van der Waals surface area contributed by atoms with Gasteiger partial charge in [-0.25, -0.2) is 4.79 Å². The number of carbonyl (C=O) groups excluding carboxylic acids is 3. The van der Waals surface area contributed by atoms with Gasteiger partial charge in [0.25, 0.3) is 5.91 Å². The number of thioether (sulfide) groups is 1. The number of likely N-dealkylation sites (N-methyl/N-ethyl adjacent to an activating group) is 1. The first-order chi connectivity index (χ1) is 18.8. The molecule has 1 heterocycles. The third kappa shape index (κ3) is 9.76. The maximum absolute atomic E-state index is 12.8. The van der Waals surface area contributed by atoms with Gasteiger partial charge in [0.1, 0.15) is 10.9 Å². The zero-order valence-electron chi connectivity index (χ0n) is 22.3. The maximum Gasteiger partial charge on any atom is 0.338 e. The summed E-state index contributed by atoms with van der Waals surface area (Å²) in [6, 6.07) is 14.0. The van der Waals surface area contributed by atoms with Crippen molar-refractivity contribution in [3.63, 3.8) is 0 Å². The van der Waals surface area contributed by atoms with Crippen LogP contribution in [0.25, 0.3) is 6.08 Å². The summed E-state index contributed by atoms with van der Waals surface area (Å²) >= 11 is 12.6. The molecule has 0 aromatic heterocycles. The molecule has 10 heteroatoms. The Morgan fingerprint density at radius 2 is 1.74 bits per heavy atom. The van der Waals surface area contributed by atoms with Gasteiger partial charge in [0, 0.05) is 30.2 Å². The van der Waals surface area contributed by atoms with E-state index in [9.17, 15) is 14.4 Å². The Kier molecular flexibility index (Phi) is 12.5. The molecule has 0 unspecified atom stereocenters. The molecule has 7 nitrogen and oxygen atoms in total. The van der Waals surface area contributed by atoms with Crippen LogP contribution < -0.4 is 5.32 Å². The lowest BCUT2D eigenvalue weighted by molar-refractivity contribution is -0.122. The molecule has 2 aromatic rings. The Morgan fingerprint density at radius 3 is 2.41 bits per heavy atom. The molecule has 2 aromatic carbocycles. The molecule has 0 saturated carbocycles. The third-order valence-electron chi connectivity index (χ3n) is 6.27. The monoisotopic (exact) mass is 587 g/mol. The van der Waals surface area contributed by atoms with E-state index in [0.717, 1.165) is 31.5 Å². The molecule has 1 saturated heterocycles. The van der Waals surface area contributed by atoms with Crippen LogP contribution in [0.2, 0.25) is 5.02 Å². The second-order valence-corrected chi connectivity index (χ2v) is 11.1. The second kappa shape index (κ2) is 15.8. The molecule has 0 spiro atoms. The van der Waals surface area contributed by atoms with Crippen LogP contribution in [-0.2, 0) is 14.3 Å². The summed E-state index contributed by atoms with van der Waals surface area (Å²) in [6.07, 6.45) is 4.42. The fraction of sp³-hybridized carbons (Fsp3) is 0.379. The van der Waals surface area contributed by atoms with E-state index in [1.807, 2.05) is 18.2 Å². The minimum atomic E-state index is -0.373. The molecule has 1 fully saturated rings. The molecule has 2 amide bonds. The fourth-order valence-electron chi connectivity index (χ4n) is 3.94. The molecule has 39 heavy (non-hydrogen) atoms. The number of hydrogen-bond donors (Lipinski definition) is 1. The van der Waals surface area contributed by atoms with Crippen molar-refractivity contribution in [2.75, 3.05) is 38.1 Å². The SMILES string of the molecule is CCN(CC)CCOC(=O)c1ccc(NC(=O)CCCCCN2C(=O)C(=Cc3ccc(Cl)cc3)SC2=S)cc1. The van der Waals surface area contributed by atoms with Crippen molar-refractivity contribution in [1.82, 2.24) is 9.80 Å². The van der Waals surface area contributed by atoms with Crippen molar-refractivity contribution < 1.29 is 19.1 Å². The first-order valence-corrected chi connectivity index (χ1v) is 14.7. The number of carbonyl (C=O) groups is 3. The molecule has 0 aliphatic carbocycles. The van der Waals surface area contributed by atoms with Gasteiger partial charge in [-0.15, -0.1) is 0 Å². The average Bonchev–Trinajstić information content (AvgIpc) is 3.19. The Hall–Kier alpha value is -2.72. The van der Waals surface area contributed by atoms with Crippen LogP contribution in [-0.4, -0.2) is 64.7 Å². The van der Waals surface area contributed by atoms with E-state index in [4.69, 9.17) is 28.6 Å². The van der Waals surface area contributed by atoms with Gasteiger partial charge in [-0.05, 0) is 74.0 Å². The first kappa shape index (κ1) is 30.8. The number of unbranched alkanes of at least 4 members (excludes halogenated alkanes) is 2. The molecule has 3 rings (SSSR count). The summed E-state index contributed by atoms with van der Waals surface area (Å²) in [6.45, 7) is 7.54. The third-order valence-corrected chi connectivity index (χ3v) is 7.90. The number of nitrogens with one attached hydrogen (secondary N) is 1. The fourth-order valence-corrected chi connectivity index (χ4v) is 5.37. The number of halogens is 1. The van der Waals surface area contributed by atoms with Gasteiger partial charge >= 0.3 is 5.97 Å². The van der Waals surface area contributed by atoms with Crippen molar-refractivity contribution in [2.45, 2.75) is 39.5 Å². The van der Waals surface area contributed by atoms with Crippen molar-refractivity contribution >= 4 is 69.4 Å². The number of amides is 2. The molecule has 1 aliphatic heterocycles. The summed E-state index contributed by atoms with van der Waals surface area (Å²) in [5.41, 5.74) is 1.97. The van der Waals surface area contributed by atoms with E-state index in [1.165, 1.54) is 11.8 Å². The lowest BCUT2D eigenvalue weighted by atomic mass is 10.1. The Morgan fingerprint density at radius 1 is 1.05 bits per heavy atom. The number of thiocarbonyl (C=S) groups is 1. The second-order valence-electron chi connectivity index (χ2n) is 8.98. The lowest BCUT2D eigenvalue weighted by Gasteiger charge is -2.17. The highest BCUT2D eigenvalue weighted by Gasteiger charge is 2.31. The largest absolute Gasteiger partial charge is 0.461 e. The predicted octanol–water partition coefficient (Wildman–Crippen LogP) is 6.24. The van der Waals surface area contributed by atoms with Gasteiger partial charge in [-0.2, -0.15) is 0 Å². The number of esters is 1. The summed E-state index contributed by atoms with van der Waals surface area (Å²) < 4.78 is 5.89. The van der Waals surface area contributed by atoms with Crippen LogP contribution >= 0.6 is 35.6 Å². The molecular weight excluding hydrogens is 554 g/mol. The molecule has 0 atom stereocenters. The first-order valence-electron chi connectivity index (χ1n) is 13.1. The van der Waals surface area contributed by atoms with Crippen LogP contribution in [0.3, 0.4) is 0 Å². The molecule has 0 bridgehead atoms. The van der Waals surface area contributed by atoms with Crippen molar-refractivity contribution in [2.24, 2.45) is 0 Å². The maximum atomic E-state index is 12.8. The highest BCUT2D eigenvalue weighted by Crippen LogP contribution is 2.33. The number of anilines is 1. The predicted molar refractivity (Wildman–Crippen MR) is 163 cm³/mol. The number of hydrogen-bond acceptors (Lipinski definition) is 7. The van der Waals surface area contributed by atoms with Crippen LogP contribution in [0.15, 0.2) is 53.4 Å². The van der Waals surface area contributed by atoms with E-state index < -0.39 is 0 Å². The van der Waals surface area contributed by atoms with Crippen LogP contribution in [0.4, 0.5) is 5.69 Å². The zero-order valence-corrected chi connectivity index (χ0v) is 24.7. The highest BCUT2D eigenvalue weighted by atomic mass is 35.5. The number of rotatable bonds is 14. The average molecular weight is 588 g/mol. The Balaban J connectivity index is 1.34. The van der Waals surface area contributed by atoms with Crippen molar-refractivity contribution in [1.29, 1.82) is 0 Å². The topological polar surface area (TPSA) is 79.0 Å². The van der Waals surface area contributed by atoms with E-state index in [1.54, 1.807) is 41.3 Å². The van der Waals surface area contributed by atoms with Gasteiger partial charge in [-0.1, -0.05) is 68.0 Å². The van der Waals surface area contributed by atoms with Gasteiger partial charge in [0.15, 0.2) is 0 Å². The Bertz CT molecular complexity index is 1180. The minimum Gasteiger partial charge on any atom is -0.461 e. The van der Waals surface area contributed by atoms with Crippen LogP contribution in [0, 0.1) is 0 Å².